The summed E-state index contributed by atoms with van der Waals surface area (Å²) in [5.41, 5.74) is 0.986. The standard InChI is InChI=1S/C23H23ClFN7OS/c1-14-27-18(13-19(28-14)32-9-7-31(8-10-32)11-12-33)30-22-21-17(5-6-26-22)29-23(34-21)20-15(24)3-2-4-16(20)25/h2-6,13,33H,7-12H2,1H3,(H,26,27,28,30). The second-order valence-corrected chi connectivity index (χ2v) is 9.37. The van der Waals surface area contributed by atoms with Crippen molar-refractivity contribution < 1.29 is 9.50 Å². The number of rotatable bonds is 6. The SMILES string of the molecule is Cc1nc(Nc2nccc3nc(-c4c(F)cccc4Cl)sc23)cc(N2CCN(CCO)CC2)n1. The number of aliphatic hydroxyl groups excluding tert-OH is 1. The van der Waals surface area contributed by atoms with Crippen LogP contribution in [0.1, 0.15) is 5.82 Å². The molecule has 1 fully saturated rings. The van der Waals surface area contributed by atoms with Gasteiger partial charge in [-0.15, -0.1) is 11.3 Å². The number of pyridine rings is 1. The summed E-state index contributed by atoms with van der Waals surface area (Å²) in [4.78, 5) is 22.7. The highest BCUT2D eigenvalue weighted by Gasteiger charge is 2.20. The second kappa shape index (κ2) is 9.75. The van der Waals surface area contributed by atoms with Gasteiger partial charge in [-0.25, -0.2) is 24.3 Å². The highest BCUT2D eigenvalue weighted by Crippen LogP contribution is 2.38. The van der Waals surface area contributed by atoms with E-state index in [0.717, 1.165) is 36.7 Å². The highest BCUT2D eigenvalue weighted by atomic mass is 35.5. The lowest BCUT2D eigenvalue weighted by Gasteiger charge is -2.35. The third kappa shape index (κ3) is 4.67. The number of aromatic nitrogens is 4. The molecule has 4 heterocycles. The monoisotopic (exact) mass is 499 g/mol. The molecule has 0 unspecified atom stereocenters. The van der Waals surface area contributed by atoms with Gasteiger partial charge in [0.1, 0.15) is 28.3 Å². The molecule has 0 spiro atoms. The lowest BCUT2D eigenvalue weighted by Crippen LogP contribution is -2.47. The molecule has 34 heavy (non-hydrogen) atoms. The number of hydrogen-bond acceptors (Lipinski definition) is 9. The summed E-state index contributed by atoms with van der Waals surface area (Å²) >= 11 is 7.58. The van der Waals surface area contributed by atoms with E-state index in [9.17, 15) is 4.39 Å². The van der Waals surface area contributed by atoms with Crippen molar-refractivity contribution in [3.8, 4) is 10.6 Å². The number of fused-ring (bicyclic) bond motifs is 1. The maximum Gasteiger partial charge on any atom is 0.151 e. The molecular formula is C23H23ClFN7OS. The zero-order valence-electron chi connectivity index (χ0n) is 18.5. The van der Waals surface area contributed by atoms with Crippen molar-refractivity contribution in [1.82, 2.24) is 24.8 Å². The van der Waals surface area contributed by atoms with E-state index < -0.39 is 5.82 Å². The Labute approximate surface area is 205 Å². The molecule has 1 aromatic carbocycles. The van der Waals surface area contributed by atoms with Crippen LogP contribution in [0.4, 0.5) is 21.8 Å². The third-order valence-corrected chi connectivity index (χ3v) is 7.07. The Bertz CT molecular complexity index is 1310. The predicted molar refractivity (Wildman–Crippen MR) is 134 cm³/mol. The lowest BCUT2D eigenvalue weighted by molar-refractivity contribution is 0.188. The van der Waals surface area contributed by atoms with Crippen molar-refractivity contribution in [2.24, 2.45) is 0 Å². The van der Waals surface area contributed by atoms with Gasteiger partial charge in [0.15, 0.2) is 5.82 Å². The zero-order chi connectivity index (χ0) is 23.7. The van der Waals surface area contributed by atoms with Gasteiger partial charge >= 0.3 is 0 Å². The largest absolute Gasteiger partial charge is 0.395 e. The van der Waals surface area contributed by atoms with Crippen molar-refractivity contribution in [3.05, 3.63) is 53.2 Å². The van der Waals surface area contributed by atoms with E-state index >= 15 is 0 Å². The number of piperazine rings is 1. The molecule has 1 aliphatic heterocycles. The van der Waals surface area contributed by atoms with E-state index in [-0.39, 0.29) is 12.2 Å². The molecule has 4 aromatic rings. The maximum absolute atomic E-state index is 14.5. The molecule has 1 aliphatic rings. The maximum atomic E-state index is 14.5. The molecule has 5 rings (SSSR count). The Morgan fingerprint density at radius 3 is 2.74 bits per heavy atom. The van der Waals surface area contributed by atoms with Gasteiger partial charge in [0.05, 0.1) is 27.4 Å². The van der Waals surface area contributed by atoms with Gasteiger partial charge in [-0.1, -0.05) is 17.7 Å². The van der Waals surface area contributed by atoms with Gasteiger partial charge in [-0.05, 0) is 25.1 Å². The summed E-state index contributed by atoms with van der Waals surface area (Å²) in [6.45, 7) is 6.10. The number of hydrogen-bond donors (Lipinski definition) is 2. The molecule has 0 bridgehead atoms. The molecular weight excluding hydrogens is 477 g/mol. The number of aryl methyl sites for hydroxylation is 1. The number of β-amino-alcohol motifs (C(OH)–C–C–N with tert-alkyl or cyclic N) is 1. The quantitative estimate of drug-likeness (QED) is 0.409. The van der Waals surface area contributed by atoms with Gasteiger partial charge in [-0.2, -0.15) is 0 Å². The molecule has 0 amide bonds. The average molecular weight is 500 g/mol. The third-order valence-electron chi connectivity index (χ3n) is 5.66. The molecule has 11 heteroatoms. The van der Waals surface area contributed by atoms with E-state index in [0.29, 0.717) is 39.6 Å². The van der Waals surface area contributed by atoms with Crippen molar-refractivity contribution >= 4 is 50.6 Å². The van der Waals surface area contributed by atoms with Crippen molar-refractivity contribution in [3.63, 3.8) is 0 Å². The predicted octanol–water partition coefficient (Wildman–Crippen LogP) is 4.11. The van der Waals surface area contributed by atoms with Crippen LogP contribution in [0.3, 0.4) is 0 Å². The molecule has 0 saturated carbocycles. The van der Waals surface area contributed by atoms with Gasteiger partial charge < -0.3 is 15.3 Å². The van der Waals surface area contributed by atoms with Crippen LogP contribution in [-0.2, 0) is 0 Å². The van der Waals surface area contributed by atoms with Gasteiger partial charge in [0.25, 0.3) is 0 Å². The fraction of sp³-hybridized carbons (Fsp3) is 0.304. The summed E-state index contributed by atoms with van der Waals surface area (Å²) < 4.78 is 15.2. The first-order valence-corrected chi connectivity index (χ1v) is 12.1. The van der Waals surface area contributed by atoms with E-state index in [1.165, 1.54) is 17.4 Å². The Balaban J connectivity index is 1.43. The molecule has 2 N–H and O–H groups in total. The van der Waals surface area contributed by atoms with E-state index in [1.54, 1.807) is 24.4 Å². The second-order valence-electron chi connectivity index (χ2n) is 7.96. The molecule has 0 radical (unpaired) electrons. The van der Waals surface area contributed by atoms with Crippen molar-refractivity contribution in [2.75, 3.05) is 49.5 Å². The summed E-state index contributed by atoms with van der Waals surface area (Å²) in [5.74, 6) is 2.29. The van der Waals surface area contributed by atoms with E-state index in [1.807, 2.05) is 13.0 Å². The van der Waals surface area contributed by atoms with Crippen LogP contribution >= 0.6 is 22.9 Å². The summed E-state index contributed by atoms with van der Waals surface area (Å²) in [5, 5.41) is 13.3. The molecule has 0 aliphatic carbocycles. The minimum Gasteiger partial charge on any atom is -0.395 e. The Kier molecular flexibility index (Phi) is 6.55. The first-order valence-electron chi connectivity index (χ1n) is 10.9. The van der Waals surface area contributed by atoms with Crippen LogP contribution < -0.4 is 10.2 Å². The van der Waals surface area contributed by atoms with Crippen LogP contribution in [0.5, 0.6) is 0 Å². The van der Waals surface area contributed by atoms with Crippen molar-refractivity contribution in [2.45, 2.75) is 6.92 Å². The smallest absolute Gasteiger partial charge is 0.151 e. The highest BCUT2D eigenvalue weighted by molar-refractivity contribution is 7.22. The number of thiazole rings is 1. The van der Waals surface area contributed by atoms with E-state index in [4.69, 9.17) is 16.7 Å². The average Bonchev–Trinajstić information content (AvgIpc) is 3.24. The lowest BCUT2D eigenvalue weighted by atomic mass is 10.2. The number of nitrogens with zero attached hydrogens (tertiary/aromatic N) is 6. The molecule has 3 aromatic heterocycles. The van der Waals surface area contributed by atoms with Crippen LogP contribution in [0, 0.1) is 12.7 Å². The number of benzene rings is 1. The zero-order valence-corrected chi connectivity index (χ0v) is 20.1. The first-order chi connectivity index (χ1) is 16.5. The number of aliphatic hydroxyl groups is 1. The Morgan fingerprint density at radius 1 is 1.15 bits per heavy atom. The summed E-state index contributed by atoms with van der Waals surface area (Å²) in [6.07, 6.45) is 1.66. The van der Waals surface area contributed by atoms with Gasteiger partial charge in [-0.3, -0.25) is 4.90 Å². The first kappa shape index (κ1) is 22.9. The minimum absolute atomic E-state index is 0.168. The molecule has 1 saturated heterocycles. The fourth-order valence-electron chi connectivity index (χ4n) is 3.99. The Morgan fingerprint density at radius 2 is 1.97 bits per heavy atom. The van der Waals surface area contributed by atoms with Crippen molar-refractivity contribution in [1.29, 1.82) is 0 Å². The fourth-order valence-corrected chi connectivity index (χ4v) is 5.37. The number of nitrogens with one attached hydrogen (secondary N) is 1. The molecule has 8 nitrogen and oxygen atoms in total. The van der Waals surface area contributed by atoms with Crippen LogP contribution in [0.15, 0.2) is 36.5 Å². The summed E-state index contributed by atoms with van der Waals surface area (Å²) in [7, 11) is 0. The van der Waals surface area contributed by atoms with Crippen LogP contribution in [0.25, 0.3) is 20.8 Å². The Hall–Kier alpha value is -2.92. The minimum atomic E-state index is -0.413. The topological polar surface area (TPSA) is 90.3 Å². The van der Waals surface area contributed by atoms with Gasteiger partial charge in [0.2, 0.25) is 0 Å². The normalized spacial score (nSPS) is 14.6. The van der Waals surface area contributed by atoms with E-state index in [2.05, 4.69) is 35.1 Å². The molecule has 0 atom stereocenters. The number of anilines is 3. The van der Waals surface area contributed by atoms with Crippen LogP contribution in [-0.4, -0.2) is 69.3 Å². The molecule has 176 valence electrons. The summed E-state index contributed by atoms with van der Waals surface area (Å²) in [6, 6.07) is 8.30. The van der Waals surface area contributed by atoms with Crippen LogP contribution in [0.2, 0.25) is 5.02 Å². The number of halogens is 2. The van der Waals surface area contributed by atoms with Gasteiger partial charge in [0, 0.05) is 45.0 Å².